The zero-order valence-electron chi connectivity index (χ0n) is 18.4. The lowest BCUT2D eigenvalue weighted by molar-refractivity contribution is 0.298. The van der Waals surface area contributed by atoms with Gasteiger partial charge in [-0.2, -0.15) is 0 Å². The molecule has 0 atom stereocenters. The Balaban J connectivity index is 1.55. The summed E-state index contributed by atoms with van der Waals surface area (Å²) in [6, 6.07) is 8.25. The molecule has 0 bridgehead atoms. The number of benzene rings is 1. The van der Waals surface area contributed by atoms with E-state index in [2.05, 4.69) is 76.4 Å². The van der Waals surface area contributed by atoms with E-state index in [4.69, 9.17) is 0 Å². The molecule has 0 amide bonds. The molecule has 0 spiro atoms. The molecule has 6 nitrogen and oxygen atoms in total. The Kier molecular flexibility index (Phi) is 8.30. The van der Waals surface area contributed by atoms with Crippen LogP contribution in [0.4, 0.5) is 11.6 Å². The molecule has 160 valence electrons. The van der Waals surface area contributed by atoms with Crippen LogP contribution in [-0.2, 0) is 6.54 Å². The van der Waals surface area contributed by atoms with Gasteiger partial charge in [0.15, 0.2) is 0 Å². The summed E-state index contributed by atoms with van der Waals surface area (Å²) >= 11 is 1.68. The van der Waals surface area contributed by atoms with Gasteiger partial charge >= 0.3 is 0 Å². The molecular formula is C23H32N6S. The summed E-state index contributed by atoms with van der Waals surface area (Å²) in [6.45, 7) is 13.8. The van der Waals surface area contributed by atoms with Gasteiger partial charge in [0.1, 0.15) is 10.7 Å². The van der Waals surface area contributed by atoms with Crippen molar-refractivity contribution in [3.8, 4) is 10.7 Å². The Bertz CT molecular complexity index is 915. The van der Waals surface area contributed by atoms with E-state index >= 15 is 0 Å². The maximum absolute atomic E-state index is 4.66. The minimum atomic E-state index is 0.587. The van der Waals surface area contributed by atoms with Crippen molar-refractivity contribution in [2.45, 2.75) is 40.7 Å². The Hall–Kier alpha value is -2.35. The maximum Gasteiger partial charge on any atom is 0.227 e. The highest BCUT2D eigenvalue weighted by atomic mass is 32.1. The first-order valence-electron chi connectivity index (χ1n) is 10.6. The van der Waals surface area contributed by atoms with Crippen molar-refractivity contribution in [1.29, 1.82) is 0 Å². The van der Waals surface area contributed by atoms with E-state index in [9.17, 15) is 0 Å². The summed E-state index contributed by atoms with van der Waals surface area (Å²) < 4.78 is 0. The van der Waals surface area contributed by atoms with E-state index in [0.717, 1.165) is 55.5 Å². The number of hydrogen-bond donors (Lipinski definition) is 2. The van der Waals surface area contributed by atoms with Crippen LogP contribution < -0.4 is 10.6 Å². The van der Waals surface area contributed by atoms with E-state index in [1.165, 1.54) is 16.0 Å². The number of thiazole rings is 1. The quantitative estimate of drug-likeness (QED) is 0.432. The summed E-state index contributed by atoms with van der Waals surface area (Å²) in [5.74, 6) is 0.587. The van der Waals surface area contributed by atoms with Crippen LogP contribution in [-0.4, -0.2) is 46.0 Å². The summed E-state index contributed by atoms with van der Waals surface area (Å²) in [4.78, 5) is 17.3. The average Bonchev–Trinajstić information content (AvgIpc) is 3.19. The van der Waals surface area contributed by atoms with Crippen molar-refractivity contribution < 1.29 is 0 Å². The largest absolute Gasteiger partial charge is 0.324 e. The fourth-order valence-corrected chi connectivity index (χ4v) is 4.25. The van der Waals surface area contributed by atoms with Crippen molar-refractivity contribution >= 4 is 23.0 Å². The average molecular weight is 425 g/mol. The van der Waals surface area contributed by atoms with Gasteiger partial charge in [0.05, 0.1) is 0 Å². The van der Waals surface area contributed by atoms with Crippen LogP contribution in [0.2, 0.25) is 0 Å². The number of hydrogen-bond acceptors (Lipinski definition) is 7. The van der Waals surface area contributed by atoms with Gasteiger partial charge in [0, 0.05) is 29.5 Å². The van der Waals surface area contributed by atoms with Gasteiger partial charge in [-0.3, -0.25) is 0 Å². The van der Waals surface area contributed by atoms with E-state index < -0.39 is 0 Å². The lowest BCUT2D eigenvalue weighted by Crippen LogP contribution is -2.27. The molecule has 2 N–H and O–H groups in total. The Labute approximate surface area is 183 Å². The first-order valence-corrected chi connectivity index (χ1v) is 11.5. The first kappa shape index (κ1) is 22.3. The minimum Gasteiger partial charge on any atom is -0.324 e. The molecule has 7 heteroatoms. The van der Waals surface area contributed by atoms with E-state index in [0.29, 0.717) is 5.95 Å². The molecular weight excluding hydrogens is 392 g/mol. The third-order valence-corrected chi connectivity index (χ3v) is 5.95. The van der Waals surface area contributed by atoms with Gasteiger partial charge in [-0.1, -0.05) is 19.9 Å². The molecule has 0 aliphatic rings. The van der Waals surface area contributed by atoms with Gasteiger partial charge in [0.2, 0.25) is 5.95 Å². The third-order valence-electron chi connectivity index (χ3n) is 4.93. The van der Waals surface area contributed by atoms with Crippen LogP contribution in [0.1, 0.15) is 36.3 Å². The van der Waals surface area contributed by atoms with Crippen molar-refractivity contribution in [3.05, 3.63) is 52.7 Å². The van der Waals surface area contributed by atoms with Crippen molar-refractivity contribution in [3.63, 3.8) is 0 Å². The Morgan fingerprint density at radius 2 is 1.80 bits per heavy atom. The second kappa shape index (κ2) is 11.2. The molecule has 2 heterocycles. The molecule has 2 aromatic heterocycles. The molecule has 0 aliphatic heterocycles. The van der Waals surface area contributed by atoms with Crippen LogP contribution >= 0.6 is 11.3 Å². The lowest BCUT2D eigenvalue weighted by atomic mass is 10.1. The molecule has 0 saturated carbocycles. The number of aromatic nitrogens is 3. The summed E-state index contributed by atoms with van der Waals surface area (Å²) in [5.41, 5.74) is 4.26. The molecule has 0 aliphatic carbocycles. The highest BCUT2D eigenvalue weighted by Gasteiger charge is 2.08. The molecule has 3 aromatic rings. The lowest BCUT2D eigenvalue weighted by Gasteiger charge is -2.17. The second-order valence-electron chi connectivity index (χ2n) is 7.46. The van der Waals surface area contributed by atoms with Crippen molar-refractivity contribution in [1.82, 2.24) is 25.2 Å². The number of nitrogens with one attached hydrogen (secondary N) is 2. The minimum absolute atomic E-state index is 0.587. The fraction of sp³-hybridized carbons (Fsp3) is 0.435. The van der Waals surface area contributed by atoms with Gasteiger partial charge < -0.3 is 15.5 Å². The predicted octanol–water partition coefficient (Wildman–Crippen LogP) is 4.78. The molecule has 0 radical (unpaired) electrons. The third kappa shape index (κ3) is 6.58. The van der Waals surface area contributed by atoms with Crippen LogP contribution in [0.15, 0.2) is 36.7 Å². The highest BCUT2D eigenvalue weighted by Crippen LogP contribution is 2.25. The smallest absolute Gasteiger partial charge is 0.227 e. The molecule has 30 heavy (non-hydrogen) atoms. The normalized spacial score (nSPS) is 11.2. The molecule has 0 fully saturated rings. The van der Waals surface area contributed by atoms with Crippen LogP contribution in [0.3, 0.4) is 0 Å². The van der Waals surface area contributed by atoms with Gasteiger partial charge in [-0.25, -0.2) is 15.0 Å². The molecule has 0 unspecified atom stereocenters. The monoisotopic (exact) mass is 424 g/mol. The van der Waals surface area contributed by atoms with Gasteiger partial charge in [-0.15, -0.1) is 11.3 Å². The second-order valence-corrected chi connectivity index (χ2v) is 8.57. The van der Waals surface area contributed by atoms with E-state index in [1.807, 2.05) is 12.3 Å². The summed E-state index contributed by atoms with van der Waals surface area (Å²) in [5, 5.41) is 7.75. The SMILES string of the molecule is CCN(CC)CCCNCc1cnc(-c2ccnc(Nc3cc(C)cc(C)c3)n2)s1. The van der Waals surface area contributed by atoms with Crippen LogP contribution in [0, 0.1) is 13.8 Å². The van der Waals surface area contributed by atoms with E-state index in [1.54, 1.807) is 17.5 Å². The molecule has 1 aromatic carbocycles. The Morgan fingerprint density at radius 3 is 2.53 bits per heavy atom. The summed E-state index contributed by atoms with van der Waals surface area (Å²) in [7, 11) is 0. The molecule has 3 rings (SSSR count). The van der Waals surface area contributed by atoms with E-state index in [-0.39, 0.29) is 0 Å². The summed E-state index contributed by atoms with van der Waals surface area (Å²) in [6.07, 6.45) is 4.88. The predicted molar refractivity (Wildman–Crippen MR) is 126 cm³/mol. The number of rotatable bonds is 11. The Morgan fingerprint density at radius 1 is 1.03 bits per heavy atom. The highest BCUT2D eigenvalue weighted by molar-refractivity contribution is 7.14. The van der Waals surface area contributed by atoms with Gasteiger partial charge in [-0.05, 0) is 75.8 Å². The van der Waals surface area contributed by atoms with Gasteiger partial charge in [0.25, 0.3) is 0 Å². The zero-order chi connectivity index (χ0) is 21.3. The first-order chi connectivity index (χ1) is 14.6. The topological polar surface area (TPSA) is 66.0 Å². The van der Waals surface area contributed by atoms with Crippen LogP contribution in [0.5, 0.6) is 0 Å². The fourth-order valence-electron chi connectivity index (χ4n) is 3.40. The molecule has 0 saturated heterocycles. The maximum atomic E-state index is 4.66. The zero-order valence-corrected chi connectivity index (χ0v) is 19.2. The number of nitrogens with zero attached hydrogens (tertiary/aromatic N) is 4. The van der Waals surface area contributed by atoms with Crippen molar-refractivity contribution in [2.75, 3.05) is 31.5 Å². The number of anilines is 2. The number of aryl methyl sites for hydroxylation is 2. The standard InChI is InChI=1S/C23H32N6S/c1-5-29(6-2)11-7-9-24-15-20-16-26-22(30-20)21-8-10-25-23(28-21)27-19-13-17(3)12-18(4)14-19/h8,10,12-14,16,24H,5-7,9,11,15H2,1-4H3,(H,25,27,28). The van der Waals surface area contributed by atoms with Crippen molar-refractivity contribution in [2.24, 2.45) is 0 Å². The van der Waals surface area contributed by atoms with Crippen LogP contribution in [0.25, 0.3) is 10.7 Å².